The quantitative estimate of drug-likeness (QED) is 0.764. The lowest BCUT2D eigenvalue weighted by Crippen LogP contribution is -2.47. The molecule has 0 amide bonds. The average Bonchev–Trinajstić information content (AvgIpc) is 2.48. The van der Waals surface area contributed by atoms with E-state index in [1.54, 1.807) is 0 Å². The van der Waals surface area contributed by atoms with Crippen LogP contribution in [-0.2, 0) is 0 Å². The van der Waals surface area contributed by atoms with E-state index < -0.39 is 0 Å². The fourth-order valence-electron chi connectivity index (χ4n) is 2.91. The minimum Gasteiger partial charge on any atom is -0.312 e. The normalized spacial score (nSPS) is 37.2. The molecule has 1 atom stereocenters. The van der Waals surface area contributed by atoms with Crippen LogP contribution in [0.25, 0.3) is 0 Å². The van der Waals surface area contributed by atoms with Gasteiger partial charge in [-0.05, 0) is 51.1 Å². The van der Waals surface area contributed by atoms with Crippen molar-refractivity contribution in [2.24, 2.45) is 11.8 Å². The third kappa shape index (κ3) is 2.73. The first-order valence-electron chi connectivity index (χ1n) is 6.60. The van der Waals surface area contributed by atoms with Crippen molar-refractivity contribution in [3.63, 3.8) is 0 Å². The van der Waals surface area contributed by atoms with Gasteiger partial charge in [-0.15, -0.1) is 0 Å². The highest BCUT2D eigenvalue weighted by atomic mass is 15.2. The fourth-order valence-corrected chi connectivity index (χ4v) is 2.91. The van der Waals surface area contributed by atoms with E-state index in [1.807, 2.05) is 0 Å². The van der Waals surface area contributed by atoms with Gasteiger partial charge in [0.25, 0.3) is 0 Å². The van der Waals surface area contributed by atoms with Crippen molar-refractivity contribution in [3.8, 4) is 0 Å². The Labute approximate surface area is 94.4 Å². The maximum absolute atomic E-state index is 3.73. The Kier molecular flexibility index (Phi) is 3.68. The first-order chi connectivity index (χ1) is 7.16. The van der Waals surface area contributed by atoms with Crippen LogP contribution in [0.4, 0.5) is 0 Å². The SMILES string of the molecule is CC(C)C1CC(NCC2CCCN2C)C1. The molecule has 0 aromatic heterocycles. The van der Waals surface area contributed by atoms with E-state index in [0.29, 0.717) is 0 Å². The number of hydrogen-bond donors (Lipinski definition) is 1. The van der Waals surface area contributed by atoms with Gasteiger partial charge >= 0.3 is 0 Å². The summed E-state index contributed by atoms with van der Waals surface area (Å²) in [6, 6.07) is 1.63. The molecule has 1 aliphatic heterocycles. The Hall–Kier alpha value is -0.0800. The molecule has 0 aromatic rings. The molecule has 1 N–H and O–H groups in total. The zero-order valence-corrected chi connectivity index (χ0v) is 10.5. The molecular weight excluding hydrogens is 184 g/mol. The Morgan fingerprint density at radius 1 is 1.33 bits per heavy atom. The maximum Gasteiger partial charge on any atom is 0.0218 e. The summed E-state index contributed by atoms with van der Waals surface area (Å²) in [5.74, 6) is 1.88. The second-order valence-corrected chi connectivity index (χ2v) is 5.86. The number of hydrogen-bond acceptors (Lipinski definition) is 2. The average molecular weight is 210 g/mol. The monoisotopic (exact) mass is 210 g/mol. The molecule has 1 aliphatic carbocycles. The first-order valence-corrected chi connectivity index (χ1v) is 6.60. The van der Waals surface area contributed by atoms with Crippen molar-refractivity contribution in [1.29, 1.82) is 0 Å². The van der Waals surface area contributed by atoms with Crippen molar-refractivity contribution < 1.29 is 0 Å². The summed E-state index contributed by atoms with van der Waals surface area (Å²) < 4.78 is 0. The summed E-state index contributed by atoms with van der Waals surface area (Å²) >= 11 is 0. The van der Waals surface area contributed by atoms with Gasteiger partial charge in [0.1, 0.15) is 0 Å². The van der Waals surface area contributed by atoms with Gasteiger partial charge in [0.05, 0.1) is 0 Å². The van der Waals surface area contributed by atoms with Gasteiger partial charge in [-0.25, -0.2) is 0 Å². The smallest absolute Gasteiger partial charge is 0.0218 e. The van der Waals surface area contributed by atoms with Crippen LogP contribution < -0.4 is 5.32 Å². The van der Waals surface area contributed by atoms with E-state index in [0.717, 1.165) is 23.9 Å². The third-order valence-corrected chi connectivity index (χ3v) is 4.43. The highest BCUT2D eigenvalue weighted by Gasteiger charge is 2.31. The van der Waals surface area contributed by atoms with E-state index >= 15 is 0 Å². The van der Waals surface area contributed by atoms with Crippen molar-refractivity contribution in [1.82, 2.24) is 10.2 Å². The summed E-state index contributed by atoms with van der Waals surface area (Å²) in [6.07, 6.45) is 5.61. The van der Waals surface area contributed by atoms with Crippen molar-refractivity contribution in [3.05, 3.63) is 0 Å². The molecule has 2 fully saturated rings. The van der Waals surface area contributed by atoms with Crippen molar-refractivity contribution in [2.45, 2.75) is 51.6 Å². The highest BCUT2D eigenvalue weighted by molar-refractivity contribution is 4.88. The molecule has 1 saturated carbocycles. The molecule has 2 rings (SSSR count). The minimum atomic E-state index is 0.808. The summed E-state index contributed by atoms with van der Waals surface area (Å²) in [6.45, 7) is 7.22. The summed E-state index contributed by atoms with van der Waals surface area (Å²) in [4.78, 5) is 2.51. The van der Waals surface area contributed by atoms with Crippen LogP contribution in [0.2, 0.25) is 0 Å². The molecule has 15 heavy (non-hydrogen) atoms. The Bertz CT molecular complexity index is 197. The van der Waals surface area contributed by atoms with Gasteiger partial charge in [0, 0.05) is 18.6 Å². The van der Waals surface area contributed by atoms with Crippen LogP contribution in [0.15, 0.2) is 0 Å². The molecule has 2 nitrogen and oxygen atoms in total. The molecule has 2 heteroatoms. The molecule has 1 heterocycles. The van der Waals surface area contributed by atoms with Gasteiger partial charge in [0.2, 0.25) is 0 Å². The van der Waals surface area contributed by atoms with E-state index in [4.69, 9.17) is 0 Å². The molecule has 1 saturated heterocycles. The minimum absolute atomic E-state index is 0.808. The number of nitrogens with one attached hydrogen (secondary N) is 1. The Morgan fingerprint density at radius 2 is 2.07 bits per heavy atom. The third-order valence-electron chi connectivity index (χ3n) is 4.43. The number of likely N-dealkylation sites (N-methyl/N-ethyl adjacent to an activating group) is 1. The maximum atomic E-state index is 3.73. The van der Waals surface area contributed by atoms with Crippen LogP contribution in [0.5, 0.6) is 0 Å². The predicted molar refractivity (Wildman–Crippen MR) is 65.0 cm³/mol. The second kappa shape index (κ2) is 4.84. The topological polar surface area (TPSA) is 15.3 Å². The lowest BCUT2D eigenvalue weighted by atomic mass is 9.73. The van der Waals surface area contributed by atoms with E-state index in [2.05, 4.69) is 31.1 Å². The molecule has 0 radical (unpaired) electrons. The summed E-state index contributed by atoms with van der Waals surface area (Å²) in [5, 5.41) is 3.73. The molecule has 0 bridgehead atoms. The zero-order chi connectivity index (χ0) is 10.8. The van der Waals surface area contributed by atoms with Crippen molar-refractivity contribution in [2.75, 3.05) is 20.1 Å². The molecule has 2 aliphatic rings. The standard InChI is InChI=1S/C13H26N2/c1-10(2)11-7-12(8-11)14-9-13-5-4-6-15(13)3/h10-14H,4-9H2,1-3H3. The Balaban J connectivity index is 1.60. The van der Waals surface area contributed by atoms with E-state index in [-0.39, 0.29) is 0 Å². The lowest BCUT2D eigenvalue weighted by Gasteiger charge is -2.39. The van der Waals surface area contributed by atoms with Gasteiger partial charge in [-0.3, -0.25) is 0 Å². The molecule has 1 unspecified atom stereocenters. The van der Waals surface area contributed by atoms with Gasteiger partial charge in [0.15, 0.2) is 0 Å². The van der Waals surface area contributed by atoms with E-state index in [1.165, 1.54) is 38.8 Å². The number of rotatable bonds is 4. The lowest BCUT2D eigenvalue weighted by molar-refractivity contribution is 0.159. The van der Waals surface area contributed by atoms with Crippen LogP contribution in [0, 0.1) is 11.8 Å². The van der Waals surface area contributed by atoms with Gasteiger partial charge in [-0.1, -0.05) is 13.8 Å². The molecule has 0 aromatic carbocycles. The van der Waals surface area contributed by atoms with Crippen LogP contribution in [0.1, 0.15) is 39.5 Å². The molecule has 88 valence electrons. The number of nitrogens with zero attached hydrogens (tertiary/aromatic N) is 1. The first kappa shape index (κ1) is 11.4. The molecular formula is C13H26N2. The fraction of sp³-hybridized carbons (Fsp3) is 1.00. The summed E-state index contributed by atoms with van der Waals surface area (Å²) in [7, 11) is 2.26. The van der Waals surface area contributed by atoms with Crippen LogP contribution in [-0.4, -0.2) is 37.1 Å². The predicted octanol–water partition coefficient (Wildman–Crippen LogP) is 2.10. The van der Waals surface area contributed by atoms with E-state index in [9.17, 15) is 0 Å². The summed E-state index contributed by atoms with van der Waals surface area (Å²) in [5.41, 5.74) is 0. The van der Waals surface area contributed by atoms with Gasteiger partial charge < -0.3 is 10.2 Å². The largest absolute Gasteiger partial charge is 0.312 e. The van der Waals surface area contributed by atoms with Crippen LogP contribution >= 0.6 is 0 Å². The highest BCUT2D eigenvalue weighted by Crippen LogP contribution is 2.33. The van der Waals surface area contributed by atoms with Gasteiger partial charge in [-0.2, -0.15) is 0 Å². The second-order valence-electron chi connectivity index (χ2n) is 5.86. The van der Waals surface area contributed by atoms with Crippen LogP contribution in [0.3, 0.4) is 0 Å². The zero-order valence-electron chi connectivity index (χ0n) is 10.5. The number of likely N-dealkylation sites (tertiary alicyclic amines) is 1. The Morgan fingerprint density at radius 3 is 2.60 bits per heavy atom. The van der Waals surface area contributed by atoms with Crippen molar-refractivity contribution >= 4 is 0 Å². The molecule has 0 spiro atoms.